The van der Waals surface area contributed by atoms with Gasteiger partial charge in [-0.25, -0.2) is 25.0 Å². The van der Waals surface area contributed by atoms with Gasteiger partial charge in [0.1, 0.15) is 35.4 Å². The van der Waals surface area contributed by atoms with Crippen molar-refractivity contribution in [3.63, 3.8) is 0 Å². The largest absolute Gasteiger partial charge is 0.490 e. The quantitative estimate of drug-likeness (QED) is 0.267. The summed E-state index contributed by atoms with van der Waals surface area (Å²) >= 11 is 0. The van der Waals surface area contributed by atoms with Crippen molar-refractivity contribution in [1.82, 2.24) is 4.98 Å². The third-order valence-corrected chi connectivity index (χ3v) is 7.80. The van der Waals surface area contributed by atoms with Crippen LogP contribution < -0.4 is 20.9 Å². The Balaban J connectivity index is 1.43. The Morgan fingerprint density at radius 3 is 1.30 bits per heavy atom. The third-order valence-electron chi connectivity index (χ3n) is 7.80. The Morgan fingerprint density at radius 2 is 0.932 bits per heavy atom. The van der Waals surface area contributed by atoms with Gasteiger partial charge in [0, 0.05) is 22.3 Å². The molecule has 0 atom stereocenters. The molecule has 2 aromatic carbocycles. The SMILES string of the molecule is CC(C)C(Oc1ccc2c(c1)C(=Nc1cccc(N=C3N=C(N)c4ccc(OC(C(C)C)C(C)C)cc43)n1)N=C2N)C(C)C. The van der Waals surface area contributed by atoms with E-state index in [2.05, 4.69) is 70.4 Å². The molecule has 4 N–H and O–H groups in total. The molecule has 2 aliphatic rings. The summed E-state index contributed by atoms with van der Waals surface area (Å²) in [5.41, 5.74) is 15.8. The van der Waals surface area contributed by atoms with Crippen LogP contribution in [0.1, 0.15) is 77.6 Å². The van der Waals surface area contributed by atoms with Gasteiger partial charge in [-0.2, -0.15) is 0 Å². The molecule has 0 bridgehead atoms. The molecule has 0 spiro atoms. The Labute approximate surface area is 260 Å². The highest BCUT2D eigenvalue weighted by molar-refractivity contribution is 6.23. The summed E-state index contributed by atoms with van der Waals surface area (Å²) in [6.45, 7) is 17.3. The summed E-state index contributed by atoms with van der Waals surface area (Å²) in [5, 5.41) is 0. The predicted octanol–water partition coefficient (Wildman–Crippen LogP) is 6.79. The molecule has 0 aliphatic carbocycles. The van der Waals surface area contributed by atoms with E-state index in [1.54, 1.807) is 12.1 Å². The lowest BCUT2D eigenvalue weighted by Gasteiger charge is -2.26. The lowest BCUT2D eigenvalue weighted by atomic mass is 9.96. The fourth-order valence-corrected chi connectivity index (χ4v) is 5.80. The van der Waals surface area contributed by atoms with Crippen molar-refractivity contribution in [1.29, 1.82) is 0 Å². The fraction of sp³-hybridized carbons (Fsp3) is 0.400. The number of hydrogen-bond acceptors (Lipinski definition) is 7. The van der Waals surface area contributed by atoms with Gasteiger partial charge < -0.3 is 20.9 Å². The van der Waals surface area contributed by atoms with Crippen molar-refractivity contribution < 1.29 is 9.47 Å². The predicted molar refractivity (Wildman–Crippen MR) is 179 cm³/mol. The summed E-state index contributed by atoms with van der Waals surface area (Å²) in [5.74, 6) is 5.67. The van der Waals surface area contributed by atoms with Gasteiger partial charge in [-0.1, -0.05) is 61.5 Å². The van der Waals surface area contributed by atoms with Gasteiger partial charge in [0.2, 0.25) is 0 Å². The summed E-state index contributed by atoms with van der Waals surface area (Å²) in [7, 11) is 0. The molecular formula is C35H43N7O2. The second-order valence-corrected chi connectivity index (χ2v) is 12.8. The summed E-state index contributed by atoms with van der Waals surface area (Å²) < 4.78 is 12.7. The first-order chi connectivity index (χ1) is 20.9. The minimum Gasteiger partial charge on any atom is -0.490 e. The standard InChI is InChI=1S/C35H43N7O2/c1-18(2)30(19(3)4)43-22-12-14-24-26(16-22)34(41-32(24)36)39-28-10-9-11-29(38-28)40-35-27-17-23(13-15-25(27)33(37)42-35)44-31(20(5)6)21(7)8/h9-21,30-31H,1-8H3,(H4,36,37,38,39,40,41,42). The van der Waals surface area contributed by atoms with Crippen LogP contribution in [0.15, 0.2) is 74.6 Å². The van der Waals surface area contributed by atoms with Crippen LogP contribution >= 0.6 is 0 Å². The van der Waals surface area contributed by atoms with Crippen LogP contribution in [0.3, 0.4) is 0 Å². The summed E-state index contributed by atoms with van der Waals surface area (Å²) in [4.78, 5) is 23.2. The van der Waals surface area contributed by atoms with Crippen molar-refractivity contribution in [3.8, 4) is 11.5 Å². The Bertz CT molecular complexity index is 1530. The normalized spacial score (nSPS) is 16.1. The highest BCUT2D eigenvalue weighted by Gasteiger charge is 2.25. The molecule has 9 heteroatoms. The van der Waals surface area contributed by atoms with Crippen molar-refractivity contribution >= 4 is 35.0 Å². The maximum atomic E-state index is 6.37. The maximum absolute atomic E-state index is 6.37. The average Bonchev–Trinajstić information content (AvgIpc) is 3.44. The van der Waals surface area contributed by atoms with Crippen LogP contribution in [0.2, 0.25) is 0 Å². The molecule has 0 amide bonds. The van der Waals surface area contributed by atoms with E-state index < -0.39 is 0 Å². The lowest BCUT2D eigenvalue weighted by molar-refractivity contribution is 0.105. The molecule has 0 fully saturated rings. The van der Waals surface area contributed by atoms with Crippen molar-refractivity contribution in [2.24, 2.45) is 55.1 Å². The van der Waals surface area contributed by atoms with Gasteiger partial charge in [0.05, 0.1) is 0 Å². The van der Waals surface area contributed by atoms with Gasteiger partial charge in [-0.05, 0) is 72.2 Å². The first kappa shape index (κ1) is 30.9. The van der Waals surface area contributed by atoms with E-state index in [0.717, 1.165) is 33.8 Å². The number of aromatic nitrogens is 1. The second kappa shape index (κ2) is 12.6. The van der Waals surface area contributed by atoms with Crippen LogP contribution in [0, 0.1) is 23.7 Å². The molecule has 1 aromatic heterocycles. The number of rotatable bonds is 10. The minimum absolute atomic E-state index is 0.0810. The number of ether oxygens (including phenoxy) is 2. The first-order valence-electron chi connectivity index (χ1n) is 15.4. The zero-order valence-electron chi connectivity index (χ0n) is 26.9. The Morgan fingerprint density at radius 1 is 0.545 bits per heavy atom. The van der Waals surface area contributed by atoms with Crippen LogP contribution in [0.5, 0.6) is 11.5 Å². The minimum atomic E-state index is 0.0810. The van der Waals surface area contributed by atoms with Crippen molar-refractivity contribution in [3.05, 3.63) is 76.9 Å². The Hall–Kier alpha value is -4.53. The van der Waals surface area contributed by atoms with E-state index in [4.69, 9.17) is 30.9 Å². The number of benzene rings is 2. The first-order valence-corrected chi connectivity index (χ1v) is 15.4. The molecule has 9 nitrogen and oxygen atoms in total. The third kappa shape index (κ3) is 6.51. The molecule has 5 rings (SSSR count). The van der Waals surface area contributed by atoms with Crippen LogP contribution in [0.25, 0.3) is 0 Å². The fourth-order valence-electron chi connectivity index (χ4n) is 5.80. The highest BCUT2D eigenvalue weighted by atomic mass is 16.5. The van der Waals surface area contributed by atoms with Crippen LogP contribution in [0.4, 0.5) is 11.6 Å². The topological polar surface area (TPSA) is 133 Å². The van der Waals surface area contributed by atoms with E-state index >= 15 is 0 Å². The number of hydrogen-bond donors (Lipinski definition) is 2. The number of aliphatic imine (C=N–C) groups is 4. The number of pyridine rings is 1. The molecular weight excluding hydrogens is 550 g/mol. The van der Waals surface area contributed by atoms with E-state index in [1.807, 2.05) is 42.5 Å². The van der Waals surface area contributed by atoms with Crippen molar-refractivity contribution in [2.45, 2.75) is 67.6 Å². The van der Waals surface area contributed by atoms with E-state index in [9.17, 15) is 0 Å². The molecule has 44 heavy (non-hydrogen) atoms. The average molecular weight is 594 g/mol. The van der Waals surface area contributed by atoms with Crippen LogP contribution in [-0.4, -0.2) is 40.5 Å². The molecule has 0 unspecified atom stereocenters. The Kier molecular flexibility index (Phi) is 8.85. The molecule has 2 aliphatic heterocycles. The molecule has 3 heterocycles. The zero-order valence-corrected chi connectivity index (χ0v) is 26.9. The molecule has 0 saturated carbocycles. The lowest BCUT2D eigenvalue weighted by Crippen LogP contribution is -2.29. The van der Waals surface area contributed by atoms with Gasteiger partial charge in [-0.15, -0.1) is 0 Å². The highest BCUT2D eigenvalue weighted by Crippen LogP contribution is 2.30. The van der Waals surface area contributed by atoms with Crippen LogP contribution in [-0.2, 0) is 0 Å². The number of amidine groups is 4. The van der Waals surface area contributed by atoms with Crippen molar-refractivity contribution in [2.75, 3.05) is 0 Å². The van der Waals surface area contributed by atoms with E-state index in [1.165, 1.54) is 0 Å². The monoisotopic (exact) mass is 593 g/mol. The van der Waals surface area contributed by atoms with Gasteiger partial charge in [0.25, 0.3) is 0 Å². The van der Waals surface area contributed by atoms with Gasteiger partial charge in [-0.3, -0.25) is 0 Å². The smallest absolute Gasteiger partial charge is 0.164 e. The number of nitrogens with zero attached hydrogens (tertiary/aromatic N) is 5. The molecule has 3 aromatic rings. The number of fused-ring (bicyclic) bond motifs is 2. The molecule has 0 radical (unpaired) electrons. The number of nitrogens with two attached hydrogens (primary N) is 2. The molecule has 0 saturated heterocycles. The van der Waals surface area contributed by atoms with E-state index in [0.29, 0.717) is 58.6 Å². The summed E-state index contributed by atoms with van der Waals surface area (Å²) in [6, 6.07) is 17.1. The molecule has 230 valence electrons. The van der Waals surface area contributed by atoms with Gasteiger partial charge >= 0.3 is 0 Å². The zero-order chi connectivity index (χ0) is 31.7. The summed E-state index contributed by atoms with van der Waals surface area (Å²) in [6.07, 6.45) is 0.162. The van der Waals surface area contributed by atoms with Gasteiger partial charge in [0.15, 0.2) is 23.3 Å². The second-order valence-electron chi connectivity index (χ2n) is 12.8. The van der Waals surface area contributed by atoms with E-state index in [-0.39, 0.29) is 12.2 Å². The maximum Gasteiger partial charge on any atom is 0.164 e.